The summed E-state index contributed by atoms with van der Waals surface area (Å²) < 4.78 is 38.7. The fourth-order valence-corrected chi connectivity index (χ4v) is 3.45. The van der Waals surface area contributed by atoms with Crippen molar-refractivity contribution in [1.82, 2.24) is 4.90 Å². The van der Waals surface area contributed by atoms with E-state index in [9.17, 15) is 27.4 Å². The molecule has 2 aromatic rings. The molecular weight excluding hydrogens is 397 g/mol. The molecule has 2 aromatic carbocycles. The molecule has 0 radical (unpaired) electrons. The molecule has 3 rings (SSSR count). The summed E-state index contributed by atoms with van der Waals surface area (Å²) in [7, 11) is -4.82. The first-order chi connectivity index (χ1) is 12.7. The predicted octanol–water partition coefficient (Wildman–Crippen LogP) is -1.43. The molecule has 1 atom stereocenters. The van der Waals surface area contributed by atoms with Crippen molar-refractivity contribution in [3.05, 3.63) is 59.7 Å². The maximum absolute atomic E-state index is 12.4. The summed E-state index contributed by atoms with van der Waals surface area (Å²) in [6.45, 7) is 1.50. The van der Waals surface area contributed by atoms with E-state index < -0.39 is 44.6 Å². The van der Waals surface area contributed by atoms with E-state index in [-0.39, 0.29) is 47.1 Å². The minimum atomic E-state index is -4.82. The summed E-state index contributed by atoms with van der Waals surface area (Å²) in [6, 6.07) is 10.4. The molecule has 1 aliphatic heterocycles. The summed E-state index contributed by atoms with van der Waals surface area (Å²) in [5, 5.41) is 0. The predicted molar refractivity (Wildman–Crippen MR) is 91.1 cm³/mol. The van der Waals surface area contributed by atoms with Crippen molar-refractivity contribution in [1.29, 1.82) is 0 Å². The normalized spacial score (nSPS) is 14.3. The van der Waals surface area contributed by atoms with Gasteiger partial charge in [0, 0.05) is 6.04 Å². The number of benzene rings is 2. The number of imide groups is 1. The van der Waals surface area contributed by atoms with Gasteiger partial charge in [-0.25, -0.2) is 8.42 Å². The van der Waals surface area contributed by atoms with Crippen LogP contribution in [0.3, 0.4) is 0 Å². The monoisotopic (exact) mass is 411 g/mol. The Hall–Kier alpha value is -2.04. The van der Waals surface area contributed by atoms with E-state index in [1.165, 1.54) is 37.3 Å². The summed E-state index contributed by atoms with van der Waals surface area (Å²) in [5.74, 6) is -2.31. The number of fused-ring (bicyclic) bond motifs is 1. The maximum atomic E-state index is 12.4. The standard InChI is InChI=1S/C18H15NO7S.Na/c1-11(19-17(21)12-6-2-3-7-13(12)18(19)22)10-16(20)26-14-8-4-5-9-15(14)27(23,24)25;/h2-9,11H,10H2,1H3,(H,23,24,25);/q;+1/p-1. The van der Waals surface area contributed by atoms with Crippen molar-refractivity contribution < 1.29 is 61.6 Å². The third-order valence-corrected chi connectivity index (χ3v) is 4.95. The molecule has 0 aromatic heterocycles. The van der Waals surface area contributed by atoms with Crippen LogP contribution in [0.5, 0.6) is 5.75 Å². The second-order valence-corrected chi connectivity index (χ2v) is 7.30. The number of esters is 1. The van der Waals surface area contributed by atoms with Gasteiger partial charge in [-0.1, -0.05) is 24.3 Å². The number of carbonyl (C=O) groups excluding carboxylic acids is 3. The van der Waals surface area contributed by atoms with Crippen LogP contribution in [0.25, 0.3) is 0 Å². The zero-order chi connectivity index (χ0) is 19.8. The molecule has 0 spiro atoms. The van der Waals surface area contributed by atoms with E-state index in [0.717, 1.165) is 11.0 Å². The molecule has 1 aliphatic rings. The first-order valence-corrected chi connectivity index (χ1v) is 9.33. The third-order valence-electron chi connectivity index (χ3n) is 4.07. The van der Waals surface area contributed by atoms with Crippen LogP contribution in [0.1, 0.15) is 34.1 Å². The Kier molecular flexibility index (Phi) is 6.79. The van der Waals surface area contributed by atoms with Gasteiger partial charge in [0.15, 0.2) is 0 Å². The molecular formula is C18H14NNaO7S. The smallest absolute Gasteiger partial charge is 0.744 e. The fourth-order valence-electron chi connectivity index (χ4n) is 2.85. The van der Waals surface area contributed by atoms with Crippen molar-refractivity contribution >= 4 is 27.9 Å². The average molecular weight is 411 g/mol. The van der Waals surface area contributed by atoms with Gasteiger partial charge in [-0.3, -0.25) is 19.3 Å². The number of amides is 2. The number of hydrogen-bond donors (Lipinski definition) is 0. The quantitative estimate of drug-likeness (QED) is 0.195. The van der Waals surface area contributed by atoms with Crippen molar-refractivity contribution in [2.45, 2.75) is 24.3 Å². The number of nitrogens with zero attached hydrogens (tertiary/aromatic N) is 1. The second-order valence-electron chi connectivity index (χ2n) is 5.95. The number of rotatable bonds is 5. The minimum Gasteiger partial charge on any atom is -0.744 e. The van der Waals surface area contributed by atoms with E-state index >= 15 is 0 Å². The summed E-state index contributed by atoms with van der Waals surface area (Å²) in [4.78, 5) is 37.3. The van der Waals surface area contributed by atoms with Gasteiger partial charge in [-0.05, 0) is 31.2 Å². The number of carbonyl (C=O) groups is 3. The maximum Gasteiger partial charge on any atom is 1.00 e. The minimum absolute atomic E-state index is 0. The van der Waals surface area contributed by atoms with Gasteiger partial charge in [-0.2, -0.15) is 0 Å². The Balaban J connectivity index is 0.00000280. The van der Waals surface area contributed by atoms with Crippen LogP contribution in [0.4, 0.5) is 0 Å². The van der Waals surface area contributed by atoms with Crippen LogP contribution in [0, 0.1) is 0 Å². The number of hydrogen-bond acceptors (Lipinski definition) is 7. The molecule has 0 bridgehead atoms. The molecule has 0 saturated heterocycles. The molecule has 8 nitrogen and oxygen atoms in total. The van der Waals surface area contributed by atoms with Gasteiger partial charge >= 0.3 is 35.5 Å². The van der Waals surface area contributed by atoms with Gasteiger partial charge in [0.05, 0.1) is 22.4 Å². The van der Waals surface area contributed by atoms with E-state index in [0.29, 0.717) is 0 Å². The largest absolute Gasteiger partial charge is 1.00 e. The molecule has 0 saturated carbocycles. The van der Waals surface area contributed by atoms with Crippen LogP contribution >= 0.6 is 0 Å². The SMILES string of the molecule is CC(CC(=O)Oc1ccccc1S(=O)(=O)[O-])N1C(=O)c2ccccc2C1=O.[Na+]. The summed E-state index contributed by atoms with van der Waals surface area (Å²) in [6.07, 6.45) is -0.362. The Labute approximate surface area is 183 Å². The average Bonchev–Trinajstić information content (AvgIpc) is 2.86. The third kappa shape index (κ3) is 4.34. The van der Waals surface area contributed by atoms with Gasteiger partial charge in [0.25, 0.3) is 11.8 Å². The van der Waals surface area contributed by atoms with E-state index in [2.05, 4.69) is 0 Å². The van der Waals surface area contributed by atoms with Gasteiger partial charge in [0.1, 0.15) is 15.9 Å². The van der Waals surface area contributed by atoms with Crippen LogP contribution in [0.2, 0.25) is 0 Å². The molecule has 0 aliphatic carbocycles. The first kappa shape index (κ1) is 22.3. The zero-order valence-electron chi connectivity index (χ0n) is 15.1. The second kappa shape index (κ2) is 8.54. The van der Waals surface area contributed by atoms with Crippen molar-refractivity contribution in [3.8, 4) is 5.75 Å². The Morgan fingerprint density at radius 2 is 1.54 bits per heavy atom. The zero-order valence-corrected chi connectivity index (χ0v) is 17.9. The number of ether oxygens (including phenoxy) is 1. The summed E-state index contributed by atoms with van der Waals surface area (Å²) >= 11 is 0. The Morgan fingerprint density at radius 3 is 2.07 bits per heavy atom. The molecule has 1 heterocycles. The molecule has 0 fully saturated rings. The molecule has 2 amide bonds. The van der Waals surface area contributed by atoms with Crippen LogP contribution in [-0.4, -0.2) is 41.7 Å². The van der Waals surface area contributed by atoms with Crippen LogP contribution < -0.4 is 34.3 Å². The van der Waals surface area contributed by atoms with Gasteiger partial charge < -0.3 is 9.29 Å². The molecule has 28 heavy (non-hydrogen) atoms. The topological polar surface area (TPSA) is 121 Å². The van der Waals surface area contributed by atoms with Crippen molar-refractivity contribution in [2.24, 2.45) is 0 Å². The summed E-state index contributed by atoms with van der Waals surface area (Å²) in [5.41, 5.74) is 0.510. The molecule has 1 unspecified atom stereocenters. The Bertz CT molecular complexity index is 1020. The van der Waals surface area contributed by atoms with Crippen molar-refractivity contribution in [3.63, 3.8) is 0 Å². The fraction of sp³-hybridized carbons (Fsp3) is 0.167. The molecule has 0 N–H and O–H groups in total. The van der Waals surface area contributed by atoms with E-state index in [1.54, 1.807) is 12.1 Å². The van der Waals surface area contributed by atoms with Gasteiger partial charge in [-0.15, -0.1) is 0 Å². The Morgan fingerprint density at radius 1 is 1.04 bits per heavy atom. The van der Waals surface area contributed by atoms with Crippen molar-refractivity contribution in [2.75, 3.05) is 0 Å². The van der Waals surface area contributed by atoms with E-state index in [1.807, 2.05) is 0 Å². The van der Waals surface area contributed by atoms with Gasteiger partial charge in [0.2, 0.25) is 0 Å². The van der Waals surface area contributed by atoms with Crippen LogP contribution in [0.15, 0.2) is 53.4 Å². The van der Waals surface area contributed by atoms with E-state index in [4.69, 9.17) is 4.74 Å². The van der Waals surface area contributed by atoms with Crippen LogP contribution in [-0.2, 0) is 14.9 Å². The first-order valence-electron chi connectivity index (χ1n) is 7.92. The number of para-hydroxylation sites is 1. The molecule has 10 heteroatoms. The molecule has 140 valence electrons.